The number of nitriles is 1. The highest BCUT2D eigenvalue weighted by Crippen LogP contribution is 2.32. The van der Waals surface area contributed by atoms with E-state index < -0.39 is 11.4 Å². The molecule has 31 heavy (non-hydrogen) atoms. The third kappa shape index (κ3) is 5.64. The molecule has 0 atom stereocenters. The Bertz CT molecular complexity index is 1060. The quantitative estimate of drug-likeness (QED) is 0.281. The molecule has 2 rings (SSSR count). The number of hydrogen-bond acceptors (Lipinski definition) is 7. The van der Waals surface area contributed by atoms with E-state index in [-0.39, 0.29) is 28.4 Å². The molecule has 0 unspecified atom stereocenters. The molecule has 2 aromatic rings. The van der Waals surface area contributed by atoms with Crippen molar-refractivity contribution in [3.63, 3.8) is 0 Å². The summed E-state index contributed by atoms with van der Waals surface area (Å²) in [7, 11) is 4.41. The smallest absolute Gasteiger partial charge is 0.343 e. The molecule has 0 spiro atoms. The molecule has 7 heteroatoms. The van der Waals surface area contributed by atoms with Crippen molar-refractivity contribution in [3.8, 4) is 29.1 Å². The van der Waals surface area contributed by atoms with Gasteiger partial charge in [-0.1, -0.05) is 26.8 Å². The minimum Gasteiger partial charge on any atom is -0.493 e. The molecule has 0 aliphatic carbocycles. The Balaban J connectivity index is 2.32. The average molecular weight is 423 g/mol. The second-order valence-electron chi connectivity index (χ2n) is 7.62. The van der Waals surface area contributed by atoms with Gasteiger partial charge in [-0.3, -0.25) is 4.79 Å². The number of ketones is 1. The normalized spacial score (nSPS) is 11.3. The molecule has 7 nitrogen and oxygen atoms in total. The summed E-state index contributed by atoms with van der Waals surface area (Å²) in [6.45, 7) is 5.24. The Morgan fingerprint density at radius 2 is 1.45 bits per heavy atom. The summed E-state index contributed by atoms with van der Waals surface area (Å²) in [5.41, 5.74) is 0.188. The van der Waals surface area contributed by atoms with Gasteiger partial charge in [0.2, 0.25) is 0 Å². The van der Waals surface area contributed by atoms with Crippen molar-refractivity contribution < 1.29 is 28.5 Å². The Kier molecular flexibility index (Phi) is 7.43. The van der Waals surface area contributed by atoms with Crippen molar-refractivity contribution in [2.45, 2.75) is 20.8 Å². The highest BCUT2D eigenvalue weighted by Gasteiger charge is 2.25. The summed E-state index contributed by atoms with van der Waals surface area (Å²) in [6.07, 6.45) is 1.48. The van der Waals surface area contributed by atoms with Crippen LogP contribution in [0.15, 0.2) is 42.0 Å². The summed E-state index contributed by atoms with van der Waals surface area (Å²) < 4.78 is 21.2. The Morgan fingerprint density at radius 3 is 2.00 bits per heavy atom. The number of Topliss-reactive ketones (excluding diaryl/α,β-unsaturated/α-hetero) is 1. The fraction of sp³-hybridized carbons (Fsp3) is 0.292. The zero-order valence-electron chi connectivity index (χ0n) is 18.4. The van der Waals surface area contributed by atoms with Gasteiger partial charge in [0.05, 0.1) is 32.5 Å². The topological polar surface area (TPSA) is 94.9 Å². The third-order valence-corrected chi connectivity index (χ3v) is 4.37. The molecule has 162 valence electrons. The lowest BCUT2D eigenvalue weighted by Gasteiger charge is -2.15. The maximum atomic E-state index is 12.6. The molecule has 0 radical (unpaired) electrons. The summed E-state index contributed by atoms with van der Waals surface area (Å²) in [5, 5.41) is 9.37. The maximum absolute atomic E-state index is 12.6. The van der Waals surface area contributed by atoms with Gasteiger partial charge in [0.25, 0.3) is 0 Å². The van der Waals surface area contributed by atoms with Crippen molar-refractivity contribution in [2.24, 2.45) is 5.41 Å². The average Bonchev–Trinajstić information content (AvgIpc) is 2.76. The summed E-state index contributed by atoms with van der Waals surface area (Å²) in [4.78, 5) is 25.0. The van der Waals surface area contributed by atoms with E-state index in [9.17, 15) is 14.9 Å². The van der Waals surface area contributed by atoms with E-state index in [1.54, 1.807) is 51.1 Å². The van der Waals surface area contributed by atoms with Crippen LogP contribution in [0, 0.1) is 16.7 Å². The number of rotatable bonds is 7. The lowest BCUT2D eigenvalue weighted by Crippen LogP contribution is -2.21. The number of ether oxygens (including phenoxy) is 4. The molecule has 0 heterocycles. The maximum Gasteiger partial charge on any atom is 0.343 e. The highest BCUT2D eigenvalue weighted by atomic mass is 16.6. The van der Waals surface area contributed by atoms with Crippen molar-refractivity contribution in [3.05, 3.63) is 53.1 Å². The first-order chi connectivity index (χ1) is 14.6. The SMILES string of the molecule is COc1ccc(C(=O)Oc2ccc(C=C(C#N)C(=O)C(C)(C)C)cc2OC)cc1OC. The molecule has 0 bridgehead atoms. The molecule has 0 amide bonds. The molecule has 0 N–H and O–H groups in total. The number of methoxy groups -OCH3 is 3. The number of benzene rings is 2. The first kappa shape index (κ1) is 23.5. The zero-order chi connectivity index (χ0) is 23.2. The van der Waals surface area contributed by atoms with Crippen LogP contribution in [0.25, 0.3) is 6.08 Å². The van der Waals surface area contributed by atoms with Crippen LogP contribution in [-0.2, 0) is 4.79 Å². The third-order valence-electron chi connectivity index (χ3n) is 4.37. The monoisotopic (exact) mass is 423 g/mol. The van der Waals surface area contributed by atoms with Crippen LogP contribution in [0.5, 0.6) is 23.0 Å². The van der Waals surface area contributed by atoms with Crippen LogP contribution in [-0.4, -0.2) is 33.1 Å². The van der Waals surface area contributed by atoms with Gasteiger partial charge in [0.15, 0.2) is 28.8 Å². The predicted octanol–water partition coefficient (Wildman–Crippen LogP) is 4.45. The van der Waals surface area contributed by atoms with Gasteiger partial charge in [-0.15, -0.1) is 0 Å². The van der Waals surface area contributed by atoms with Crippen LogP contribution in [0.1, 0.15) is 36.7 Å². The minimum atomic E-state index is -0.680. The molecule has 0 saturated heterocycles. The second-order valence-corrected chi connectivity index (χ2v) is 7.62. The number of hydrogen-bond donors (Lipinski definition) is 0. The van der Waals surface area contributed by atoms with E-state index in [0.29, 0.717) is 17.1 Å². The van der Waals surface area contributed by atoms with E-state index in [2.05, 4.69) is 0 Å². The van der Waals surface area contributed by atoms with Crippen molar-refractivity contribution >= 4 is 17.8 Å². The zero-order valence-corrected chi connectivity index (χ0v) is 18.4. The summed E-state index contributed by atoms with van der Waals surface area (Å²) in [6, 6.07) is 11.4. The molecule has 0 aromatic heterocycles. The second kappa shape index (κ2) is 9.81. The highest BCUT2D eigenvalue weighted by molar-refractivity contribution is 6.06. The molecule has 0 saturated carbocycles. The van der Waals surface area contributed by atoms with Crippen LogP contribution in [0.3, 0.4) is 0 Å². The number of allylic oxidation sites excluding steroid dienone is 1. The molecule has 2 aromatic carbocycles. The largest absolute Gasteiger partial charge is 0.493 e. The Morgan fingerprint density at radius 1 is 0.871 bits per heavy atom. The Hall–Kier alpha value is -3.79. The minimum absolute atomic E-state index is 0.0321. The van der Waals surface area contributed by atoms with Crippen molar-refractivity contribution in [1.82, 2.24) is 0 Å². The lowest BCUT2D eigenvalue weighted by atomic mass is 9.86. The molecule has 0 fully saturated rings. The standard InChI is InChI=1S/C24H25NO6/c1-24(2,3)22(26)17(14-25)11-15-7-9-19(20(12-15)29-5)31-23(27)16-8-10-18(28-4)21(13-16)30-6/h7-13H,1-6H3. The molecular formula is C24H25NO6. The predicted molar refractivity (Wildman–Crippen MR) is 116 cm³/mol. The fourth-order valence-corrected chi connectivity index (χ4v) is 2.70. The van der Waals surface area contributed by atoms with Gasteiger partial charge in [-0.25, -0.2) is 4.79 Å². The van der Waals surface area contributed by atoms with E-state index >= 15 is 0 Å². The van der Waals surface area contributed by atoms with Gasteiger partial charge in [0, 0.05) is 5.41 Å². The summed E-state index contributed by atoms with van der Waals surface area (Å²) >= 11 is 0. The van der Waals surface area contributed by atoms with E-state index in [0.717, 1.165) is 0 Å². The van der Waals surface area contributed by atoms with E-state index in [1.807, 2.05) is 6.07 Å². The van der Waals surface area contributed by atoms with Crippen LogP contribution in [0.4, 0.5) is 0 Å². The molecular weight excluding hydrogens is 398 g/mol. The van der Waals surface area contributed by atoms with Gasteiger partial charge in [-0.05, 0) is 42.0 Å². The summed E-state index contributed by atoms with van der Waals surface area (Å²) in [5.74, 6) is 0.493. The van der Waals surface area contributed by atoms with Crippen molar-refractivity contribution in [2.75, 3.05) is 21.3 Å². The van der Waals surface area contributed by atoms with Crippen LogP contribution in [0.2, 0.25) is 0 Å². The van der Waals surface area contributed by atoms with Crippen LogP contribution < -0.4 is 18.9 Å². The van der Waals surface area contributed by atoms with E-state index in [1.165, 1.54) is 33.5 Å². The number of nitrogens with zero attached hydrogens (tertiary/aromatic N) is 1. The first-order valence-corrected chi connectivity index (χ1v) is 9.43. The molecule has 0 aliphatic heterocycles. The molecule has 0 aliphatic rings. The van der Waals surface area contributed by atoms with E-state index in [4.69, 9.17) is 18.9 Å². The van der Waals surface area contributed by atoms with Crippen molar-refractivity contribution in [1.29, 1.82) is 5.26 Å². The number of esters is 1. The van der Waals surface area contributed by atoms with Gasteiger partial charge < -0.3 is 18.9 Å². The number of carbonyl (C=O) groups is 2. The number of carbonyl (C=O) groups excluding carboxylic acids is 2. The first-order valence-electron chi connectivity index (χ1n) is 9.43. The van der Waals surface area contributed by atoms with Gasteiger partial charge in [0.1, 0.15) is 6.07 Å². The van der Waals surface area contributed by atoms with Gasteiger partial charge in [-0.2, -0.15) is 5.26 Å². The Labute approximate surface area is 181 Å². The van der Waals surface area contributed by atoms with Gasteiger partial charge >= 0.3 is 5.97 Å². The fourth-order valence-electron chi connectivity index (χ4n) is 2.70. The lowest BCUT2D eigenvalue weighted by molar-refractivity contribution is -0.121. The van der Waals surface area contributed by atoms with Crippen LogP contribution >= 0.6 is 0 Å².